The fraction of sp³-hybridized carbons (Fsp3) is 0.786. The molecule has 0 aliphatic carbocycles. The Balaban J connectivity index is 1.96. The minimum atomic E-state index is 0.0404. The molecule has 0 amide bonds. The normalized spacial score (nSPS) is 19.1. The van der Waals surface area contributed by atoms with Crippen molar-refractivity contribution >= 4 is 16.5 Å². The van der Waals surface area contributed by atoms with Gasteiger partial charge in [-0.15, -0.1) is 11.3 Å². The van der Waals surface area contributed by atoms with Crippen molar-refractivity contribution in [1.82, 2.24) is 10.3 Å². The monoisotopic (exact) mass is 283 g/mol. The van der Waals surface area contributed by atoms with E-state index in [0.717, 1.165) is 38.0 Å². The van der Waals surface area contributed by atoms with Gasteiger partial charge in [0, 0.05) is 24.2 Å². The van der Waals surface area contributed by atoms with Gasteiger partial charge in [0.15, 0.2) is 5.13 Å². The second-order valence-corrected chi connectivity index (χ2v) is 7.24. The molecule has 108 valence electrons. The van der Waals surface area contributed by atoms with Crippen LogP contribution in [0.3, 0.4) is 0 Å². The number of ether oxygens (including phenoxy) is 1. The lowest BCUT2D eigenvalue weighted by atomic mass is 10.0. The first kappa shape index (κ1) is 14.8. The molecule has 1 fully saturated rings. The molecule has 0 radical (unpaired) electrons. The van der Waals surface area contributed by atoms with Gasteiger partial charge in [0.25, 0.3) is 0 Å². The number of nitrogens with zero attached hydrogens (tertiary/aromatic N) is 2. The van der Waals surface area contributed by atoms with Crippen molar-refractivity contribution in [3.05, 3.63) is 11.1 Å². The van der Waals surface area contributed by atoms with Crippen LogP contribution in [0.15, 0.2) is 6.20 Å². The maximum absolute atomic E-state index is 5.56. The van der Waals surface area contributed by atoms with Crippen LogP contribution < -0.4 is 10.2 Å². The van der Waals surface area contributed by atoms with Crippen LogP contribution in [0.4, 0.5) is 5.13 Å². The number of aromatic nitrogens is 1. The summed E-state index contributed by atoms with van der Waals surface area (Å²) in [6.07, 6.45) is 2.00. The number of hydrogen-bond donors (Lipinski definition) is 1. The number of anilines is 1. The molecule has 0 saturated carbocycles. The number of thiazole rings is 1. The first-order valence-corrected chi connectivity index (χ1v) is 7.81. The third-order valence-electron chi connectivity index (χ3n) is 3.27. The molecule has 2 heterocycles. The summed E-state index contributed by atoms with van der Waals surface area (Å²) in [5.41, 5.74) is 0.0404. The molecular formula is C14H25N3OS. The van der Waals surface area contributed by atoms with Crippen molar-refractivity contribution in [2.75, 3.05) is 31.2 Å². The molecule has 1 saturated heterocycles. The summed E-state index contributed by atoms with van der Waals surface area (Å²) >= 11 is 1.79. The first-order chi connectivity index (χ1) is 8.99. The molecule has 1 aromatic rings. The summed E-state index contributed by atoms with van der Waals surface area (Å²) < 4.78 is 5.56. The molecule has 0 bridgehead atoms. The highest BCUT2D eigenvalue weighted by Crippen LogP contribution is 2.30. The fourth-order valence-electron chi connectivity index (χ4n) is 2.20. The third kappa shape index (κ3) is 3.91. The first-order valence-electron chi connectivity index (χ1n) is 7.00. The smallest absolute Gasteiger partial charge is 0.186 e. The van der Waals surface area contributed by atoms with Crippen LogP contribution in [0.25, 0.3) is 0 Å². The van der Waals surface area contributed by atoms with Crippen LogP contribution in [0.1, 0.15) is 32.6 Å². The maximum atomic E-state index is 5.56. The molecule has 1 aliphatic rings. The zero-order valence-electron chi connectivity index (χ0n) is 12.4. The topological polar surface area (TPSA) is 37.4 Å². The predicted octanol–water partition coefficient (Wildman–Crippen LogP) is 2.50. The Morgan fingerprint density at radius 3 is 3.00 bits per heavy atom. The van der Waals surface area contributed by atoms with Gasteiger partial charge in [0.05, 0.1) is 18.8 Å². The Morgan fingerprint density at radius 1 is 1.53 bits per heavy atom. The minimum absolute atomic E-state index is 0.0404. The molecule has 0 unspecified atom stereocenters. The second kappa shape index (κ2) is 6.20. The van der Waals surface area contributed by atoms with Crippen molar-refractivity contribution < 1.29 is 4.74 Å². The molecule has 4 nitrogen and oxygen atoms in total. The summed E-state index contributed by atoms with van der Waals surface area (Å²) in [4.78, 5) is 8.25. The zero-order chi connectivity index (χ0) is 13.9. The Kier molecular flexibility index (Phi) is 4.81. The largest absolute Gasteiger partial charge is 0.377 e. The van der Waals surface area contributed by atoms with Gasteiger partial charge in [0.2, 0.25) is 0 Å². The zero-order valence-corrected chi connectivity index (χ0v) is 13.2. The summed E-state index contributed by atoms with van der Waals surface area (Å²) in [7, 11) is 0. The van der Waals surface area contributed by atoms with E-state index < -0.39 is 0 Å². The van der Waals surface area contributed by atoms with E-state index in [1.54, 1.807) is 11.3 Å². The van der Waals surface area contributed by atoms with E-state index in [1.165, 1.54) is 4.88 Å². The van der Waals surface area contributed by atoms with Crippen molar-refractivity contribution in [3.8, 4) is 0 Å². The van der Waals surface area contributed by atoms with Crippen LogP contribution in [-0.4, -0.2) is 36.8 Å². The van der Waals surface area contributed by atoms with Crippen molar-refractivity contribution in [1.29, 1.82) is 0 Å². The summed E-state index contributed by atoms with van der Waals surface area (Å²) in [5, 5.41) is 4.59. The van der Waals surface area contributed by atoms with Crippen molar-refractivity contribution in [2.45, 2.75) is 39.8 Å². The number of morpholine rings is 1. The number of hydrogen-bond acceptors (Lipinski definition) is 5. The van der Waals surface area contributed by atoms with E-state index in [-0.39, 0.29) is 5.54 Å². The van der Waals surface area contributed by atoms with Crippen molar-refractivity contribution in [2.24, 2.45) is 5.92 Å². The molecule has 5 heteroatoms. The van der Waals surface area contributed by atoms with Gasteiger partial charge in [-0.1, -0.05) is 13.8 Å². The average Bonchev–Trinajstić information content (AvgIpc) is 2.76. The Hall–Kier alpha value is -0.650. The van der Waals surface area contributed by atoms with Gasteiger partial charge in [-0.2, -0.15) is 0 Å². The molecule has 19 heavy (non-hydrogen) atoms. The second-order valence-electron chi connectivity index (χ2n) is 6.15. The van der Waals surface area contributed by atoms with Crippen LogP contribution in [0.5, 0.6) is 0 Å². The van der Waals surface area contributed by atoms with E-state index >= 15 is 0 Å². The lowest BCUT2D eigenvalue weighted by Crippen LogP contribution is -2.53. The molecule has 0 aromatic carbocycles. The molecular weight excluding hydrogens is 258 g/mol. The van der Waals surface area contributed by atoms with Gasteiger partial charge in [-0.3, -0.25) is 0 Å². The fourth-order valence-corrected chi connectivity index (χ4v) is 3.27. The maximum Gasteiger partial charge on any atom is 0.186 e. The SMILES string of the molecule is CC(C)CNCc1cnc(N2CCOCC2(C)C)s1. The van der Waals surface area contributed by atoms with E-state index in [9.17, 15) is 0 Å². The summed E-state index contributed by atoms with van der Waals surface area (Å²) in [6.45, 7) is 13.3. The van der Waals surface area contributed by atoms with Gasteiger partial charge in [-0.05, 0) is 26.3 Å². The van der Waals surface area contributed by atoms with Gasteiger partial charge < -0.3 is 15.0 Å². The predicted molar refractivity (Wildman–Crippen MR) is 80.9 cm³/mol. The van der Waals surface area contributed by atoms with Gasteiger partial charge >= 0.3 is 0 Å². The van der Waals surface area contributed by atoms with E-state index in [1.807, 2.05) is 6.20 Å². The molecule has 2 rings (SSSR count). The summed E-state index contributed by atoms with van der Waals surface area (Å²) in [6, 6.07) is 0. The van der Waals surface area contributed by atoms with E-state index in [4.69, 9.17) is 4.74 Å². The molecule has 0 atom stereocenters. The Bertz CT molecular complexity index is 403. The van der Waals surface area contributed by atoms with Crippen LogP contribution >= 0.6 is 11.3 Å². The highest BCUT2D eigenvalue weighted by Gasteiger charge is 2.32. The minimum Gasteiger partial charge on any atom is -0.377 e. The van der Waals surface area contributed by atoms with Gasteiger partial charge in [0.1, 0.15) is 0 Å². The number of rotatable bonds is 5. The highest BCUT2D eigenvalue weighted by atomic mass is 32.1. The lowest BCUT2D eigenvalue weighted by Gasteiger charge is -2.41. The molecule has 1 N–H and O–H groups in total. The van der Waals surface area contributed by atoms with E-state index in [0.29, 0.717) is 5.92 Å². The number of nitrogens with one attached hydrogen (secondary N) is 1. The quantitative estimate of drug-likeness (QED) is 0.901. The average molecular weight is 283 g/mol. The Morgan fingerprint density at radius 2 is 2.32 bits per heavy atom. The molecule has 0 spiro atoms. The highest BCUT2D eigenvalue weighted by molar-refractivity contribution is 7.15. The van der Waals surface area contributed by atoms with Crippen LogP contribution in [0.2, 0.25) is 0 Å². The molecule has 1 aliphatic heterocycles. The van der Waals surface area contributed by atoms with Crippen molar-refractivity contribution in [3.63, 3.8) is 0 Å². The summed E-state index contributed by atoms with van der Waals surface area (Å²) in [5.74, 6) is 0.686. The van der Waals surface area contributed by atoms with Gasteiger partial charge in [-0.25, -0.2) is 4.98 Å². The van der Waals surface area contributed by atoms with E-state index in [2.05, 4.69) is 42.9 Å². The standard InChI is InChI=1S/C14H25N3OS/c1-11(2)7-15-8-12-9-16-13(19-12)17-5-6-18-10-14(17,3)4/h9,11,15H,5-8,10H2,1-4H3. The van der Waals surface area contributed by atoms with Crippen LogP contribution in [-0.2, 0) is 11.3 Å². The molecule has 1 aromatic heterocycles. The lowest BCUT2D eigenvalue weighted by molar-refractivity contribution is 0.0644. The van der Waals surface area contributed by atoms with Crippen LogP contribution in [0, 0.1) is 5.92 Å². The third-order valence-corrected chi connectivity index (χ3v) is 4.29. The Labute approximate surface area is 120 Å².